The number of carbonyl (C=O) groups excluding carboxylic acids is 1. The molecular weight excluding hydrogens is 277 g/mol. The van der Waals surface area contributed by atoms with E-state index >= 15 is 0 Å². The van der Waals surface area contributed by atoms with Crippen molar-refractivity contribution in [3.8, 4) is 6.07 Å². The molecule has 0 spiro atoms. The van der Waals surface area contributed by atoms with E-state index < -0.39 is 11.6 Å². The van der Waals surface area contributed by atoms with Crippen LogP contribution in [0.3, 0.4) is 0 Å². The molecule has 0 amide bonds. The van der Waals surface area contributed by atoms with E-state index in [9.17, 15) is 9.18 Å². The SMILES string of the molecule is N#C/C(=C\c1c(F)cccc1Cl)C(=O)c1ccccc1. The second-order valence-corrected chi connectivity index (χ2v) is 4.41. The third-order valence-corrected chi connectivity index (χ3v) is 3.02. The summed E-state index contributed by atoms with van der Waals surface area (Å²) >= 11 is 5.88. The number of rotatable bonds is 3. The van der Waals surface area contributed by atoms with Crippen molar-refractivity contribution in [2.75, 3.05) is 0 Å². The fourth-order valence-electron chi connectivity index (χ4n) is 1.69. The molecule has 2 aromatic carbocycles. The Morgan fingerprint density at radius 3 is 2.45 bits per heavy atom. The van der Waals surface area contributed by atoms with Crippen LogP contribution in [0.5, 0.6) is 0 Å². The molecule has 0 aliphatic heterocycles. The maximum Gasteiger partial charge on any atom is 0.203 e. The molecule has 4 heteroatoms. The van der Waals surface area contributed by atoms with Gasteiger partial charge in [-0.2, -0.15) is 5.26 Å². The van der Waals surface area contributed by atoms with E-state index in [1.807, 2.05) is 0 Å². The zero-order chi connectivity index (χ0) is 14.5. The number of hydrogen-bond acceptors (Lipinski definition) is 2. The van der Waals surface area contributed by atoms with Crippen LogP contribution >= 0.6 is 11.6 Å². The lowest BCUT2D eigenvalue weighted by Gasteiger charge is -2.02. The third kappa shape index (κ3) is 2.93. The van der Waals surface area contributed by atoms with Crippen LogP contribution in [0.25, 0.3) is 6.08 Å². The number of allylic oxidation sites excluding steroid dienone is 1. The molecular formula is C16H9ClFNO. The molecule has 0 radical (unpaired) electrons. The van der Waals surface area contributed by atoms with Gasteiger partial charge in [-0.05, 0) is 18.2 Å². The van der Waals surface area contributed by atoms with Crippen LogP contribution < -0.4 is 0 Å². The number of halogens is 2. The van der Waals surface area contributed by atoms with Gasteiger partial charge in [0.1, 0.15) is 17.5 Å². The quantitative estimate of drug-likeness (QED) is 0.480. The van der Waals surface area contributed by atoms with Gasteiger partial charge in [-0.3, -0.25) is 4.79 Å². The first-order valence-corrected chi connectivity index (χ1v) is 6.17. The highest BCUT2D eigenvalue weighted by Gasteiger charge is 2.14. The summed E-state index contributed by atoms with van der Waals surface area (Å²) in [5.74, 6) is -1.04. The third-order valence-electron chi connectivity index (χ3n) is 2.69. The molecule has 0 aromatic heterocycles. The largest absolute Gasteiger partial charge is 0.288 e. The summed E-state index contributed by atoms with van der Waals surface area (Å²) in [6.45, 7) is 0. The van der Waals surface area contributed by atoms with Gasteiger partial charge in [-0.1, -0.05) is 48.0 Å². The van der Waals surface area contributed by atoms with E-state index in [1.54, 1.807) is 36.4 Å². The first-order chi connectivity index (χ1) is 9.63. The number of hydrogen-bond donors (Lipinski definition) is 0. The van der Waals surface area contributed by atoms with Crippen molar-refractivity contribution in [1.82, 2.24) is 0 Å². The van der Waals surface area contributed by atoms with Crippen LogP contribution in [0.4, 0.5) is 4.39 Å². The predicted octanol–water partition coefficient (Wildman–Crippen LogP) is 4.27. The Morgan fingerprint density at radius 1 is 1.15 bits per heavy atom. The van der Waals surface area contributed by atoms with Crippen molar-refractivity contribution in [2.45, 2.75) is 0 Å². The van der Waals surface area contributed by atoms with Crippen molar-refractivity contribution in [2.24, 2.45) is 0 Å². The van der Waals surface area contributed by atoms with Crippen molar-refractivity contribution < 1.29 is 9.18 Å². The van der Waals surface area contributed by atoms with Gasteiger partial charge in [0.25, 0.3) is 0 Å². The molecule has 0 fully saturated rings. The highest BCUT2D eigenvalue weighted by molar-refractivity contribution is 6.32. The van der Waals surface area contributed by atoms with Crippen LogP contribution in [-0.2, 0) is 0 Å². The lowest BCUT2D eigenvalue weighted by atomic mass is 10.0. The van der Waals surface area contributed by atoms with Crippen molar-refractivity contribution in [3.05, 3.63) is 76.1 Å². The smallest absolute Gasteiger partial charge is 0.203 e. The molecule has 0 unspecified atom stereocenters. The zero-order valence-electron chi connectivity index (χ0n) is 10.3. The van der Waals surface area contributed by atoms with E-state index in [1.165, 1.54) is 24.3 Å². The number of Topliss-reactive ketones (excluding diaryl/α,β-unsaturated/α-hetero) is 1. The van der Waals surface area contributed by atoms with E-state index in [4.69, 9.17) is 16.9 Å². The highest BCUT2D eigenvalue weighted by Crippen LogP contribution is 2.22. The van der Waals surface area contributed by atoms with Gasteiger partial charge >= 0.3 is 0 Å². The molecule has 0 aliphatic rings. The maximum atomic E-state index is 13.7. The lowest BCUT2D eigenvalue weighted by molar-refractivity contribution is 0.104. The molecule has 0 atom stereocenters. The van der Waals surface area contributed by atoms with Gasteiger partial charge in [0.2, 0.25) is 5.78 Å². The zero-order valence-corrected chi connectivity index (χ0v) is 11.1. The number of nitrogens with zero attached hydrogens (tertiary/aromatic N) is 1. The minimum Gasteiger partial charge on any atom is -0.288 e. The molecule has 0 aliphatic carbocycles. The highest BCUT2D eigenvalue weighted by atomic mass is 35.5. The van der Waals surface area contributed by atoms with Crippen molar-refractivity contribution in [3.63, 3.8) is 0 Å². The van der Waals surface area contributed by atoms with E-state index in [-0.39, 0.29) is 16.2 Å². The van der Waals surface area contributed by atoms with Crippen LogP contribution in [0.1, 0.15) is 15.9 Å². The van der Waals surface area contributed by atoms with Gasteiger partial charge in [-0.15, -0.1) is 0 Å². The standard InChI is InChI=1S/C16H9ClFNO/c17-14-7-4-8-15(18)13(14)9-12(10-19)16(20)11-5-2-1-3-6-11/h1-9H/b12-9+. The van der Waals surface area contributed by atoms with Gasteiger partial charge in [0.05, 0.1) is 5.02 Å². The summed E-state index contributed by atoms with van der Waals surface area (Å²) in [5, 5.41) is 9.25. The Morgan fingerprint density at radius 2 is 1.85 bits per heavy atom. The summed E-state index contributed by atoms with van der Waals surface area (Å²) in [6.07, 6.45) is 1.17. The maximum absolute atomic E-state index is 13.7. The molecule has 20 heavy (non-hydrogen) atoms. The van der Waals surface area contributed by atoms with Gasteiger partial charge in [-0.25, -0.2) is 4.39 Å². The summed E-state index contributed by atoms with van der Waals surface area (Å²) in [6, 6.07) is 14.3. The Balaban J connectivity index is 2.46. The van der Waals surface area contributed by atoms with E-state index in [2.05, 4.69) is 0 Å². The molecule has 2 nitrogen and oxygen atoms in total. The average Bonchev–Trinajstić information content (AvgIpc) is 2.47. The summed E-state index contributed by atoms with van der Waals surface area (Å²) in [4.78, 5) is 12.1. The Kier molecular flexibility index (Phi) is 4.29. The summed E-state index contributed by atoms with van der Waals surface area (Å²) < 4.78 is 13.7. The molecule has 2 aromatic rings. The minimum absolute atomic E-state index is 0.0370. The molecule has 0 bridgehead atoms. The fourth-order valence-corrected chi connectivity index (χ4v) is 1.90. The van der Waals surface area contributed by atoms with Crippen molar-refractivity contribution in [1.29, 1.82) is 5.26 Å². The van der Waals surface area contributed by atoms with Gasteiger partial charge in [0.15, 0.2) is 0 Å². The lowest BCUT2D eigenvalue weighted by Crippen LogP contribution is -2.02. The van der Waals surface area contributed by atoms with Gasteiger partial charge < -0.3 is 0 Å². The fraction of sp³-hybridized carbons (Fsp3) is 0. The Hall–Kier alpha value is -2.44. The van der Waals surface area contributed by atoms with Crippen molar-refractivity contribution >= 4 is 23.5 Å². The van der Waals surface area contributed by atoms with Crippen LogP contribution in [-0.4, -0.2) is 5.78 Å². The molecule has 0 N–H and O–H groups in total. The monoisotopic (exact) mass is 285 g/mol. The van der Waals surface area contributed by atoms with Gasteiger partial charge in [0, 0.05) is 11.1 Å². The number of ketones is 1. The number of nitriles is 1. The second-order valence-electron chi connectivity index (χ2n) is 4.00. The molecule has 2 rings (SSSR count). The van der Waals surface area contributed by atoms with Crippen LogP contribution in [0.15, 0.2) is 54.1 Å². The number of benzene rings is 2. The van der Waals surface area contributed by atoms with E-state index in [0.29, 0.717) is 5.56 Å². The minimum atomic E-state index is -0.578. The molecule has 0 saturated carbocycles. The first-order valence-electron chi connectivity index (χ1n) is 5.79. The topological polar surface area (TPSA) is 40.9 Å². The Labute approximate surface area is 120 Å². The predicted molar refractivity (Wildman–Crippen MR) is 75.8 cm³/mol. The average molecular weight is 286 g/mol. The normalized spacial score (nSPS) is 10.9. The summed E-state index contributed by atoms with van der Waals surface area (Å²) in [7, 11) is 0. The van der Waals surface area contributed by atoms with Crippen LogP contribution in [0, 0.1) is 17.1 Å². The second kappa shape index (κ2) is 6.14. The molecule has 0 saturated heterocycles. The first kappa shape index (κ1) is 14.0. The summed E-state index contributed by atoms with van der Waals surface area (Å²) in [5.41, 5.74) is 0.242. The van der Waals surface area contributed by atoms with E-state index in [0.717, 1.165) is 0 Å². The van der Waals surface area contributed by atoms with Crippen LogP contribution in [0.2, 0.25) is 5.02 Å². The molecule has 0 heterocycles. The molecule has 98 valence electrons. The number of carbonyl (C=O) groups is 1. The Bertz CT molecular complexity index is 697.